The lowest BCUT2D eigenvalue weighted by Gasteiger charge is -2.19. The number of hydrogen-bond acceptors (Lipinski definition) is 7. The Morgan fingerprint density at radius 1 is 0.778 bits per heavy atom. The van der Waals surface area contributed by atoms with Crippen molar-refractivity contribution in [1.82, 2.24) is 0 Å². The molecule has 0 spiro atoms. The van der Waals surface area contributed by atoms with Gasteiger partial charge in [-0.05, 0) is 55.8 Å². The fourth-order valence-corrected chi connectivity index (χ4v) is 3.08. The van der Waals surface area contributed by atoms with Gasteiger partial charge in [0.15, 0.2) is 11.6 Å². The fourth-order valence-electron chi connectivity index (χ4n) is 3.08. The number of nitrogens with one attached hydrogen (secondary N) is 2. The van der Waals surface area contributed by atoms with Gasteiger partial charge in [-0.3, -0.25) is 9.59 Å². The molecule has 4 N–H and O–H groups in total. The van der Waals surface area contributed by atoms with Crippen molar-refractivity contribution < 1.29 is 9.59 Å². The molecule has 7 heteroatoms. The molecule has 0 aliphatic heterocycles. The summed E-state index contributed by atoms with van der Waals surface area (Å²) in [5.74, 6) is -0.315. The van der Waals surface area contributed by atoms with Crippen molar-refractivity contribution >= 4 is 22.9 Å². The van der Waals surface area contributed by atoms with Gasteiger partial charge in [0.25, 0.3) is 0 Å². The monoisotopic (exact) mass is 366 g/mol. The molecule has 0 unspecified atom stereocenters. The highest BCUT2D eigenvalue weighted by Gasteiger charge is 2.30. The van der Waals surface area contributed by atoms with Crippen molar-refractivity contribution in [2.45, 2.75) is 12.8 Å². The Balaban J connectivity index is 1.84. The van der Waals surface area contributed by atoms with Gasteiger partial charge in [0.1, 0.15) is 0 Å². The molecule has 140 valence electrons. The molecule has 0 bridgehead atoms. The first-order valence-corrected chi connectivity index (χ1v) is 9.00. The number of hydrogen-bond donors (Lipinski definition) is 3. The molecule has 2 aromatic carbocycles. The van der Waals surface area contributed by atoms with Crippen molar-refractivity contribution in [3.63, 3.8) is 0 Å². The summed E-state index contributed by atoms with van der Waals surface area (Å²) in [7, 11) is 0. The molecule has 2 aromatic rings. The number of fused-ring (bicyclic) bond motifs is 2. The van der Waals surface area contributed by atoms with Crippen LogP contribution in [0.5, 0.6) is 0 Å². The zero-order chi connectivity index (χ0) is 19.2. The van der Waals surface area contributed by atoms with Gasteiger partial charge in [0.2, 0.25) is 0 Å². The molecule has 1 aliphatic rings. The summed E-state index contributed by atoms with van der Waals surface area (Å²) in [6, 6.07) is 10.4. The van der Waals surface area contributed by atoms with E-state index in [1.54, 1.807) is 30.3 Å². The number of carbonyl (C=O) groups is 2. The predicted molar refractivity (Wildman–Crippen MR) is 106 cm³/mol. The van der Waals surface area contributed by atoms with E-state index in [-0.39, 0.29) is 18.1 Å². The van der Waals surface area contributed by atoms with Crippen LogP contribution in [0.2, 0.25) is 0 Å². The largest absolute Gasteiger partial charge is 0.385 e. The molecule has 1 aliphatic carbocycles. The number of nitrogens with two attached hydrogens (primary N) is 1. The zero-order valence-corrected chi connectivity index (χ0v) is 15.0. The third-order valence-electron chi connectivity index (χ3n) is 4.48. The van der Waals surface area contributed by atoms with E-state index < -0.39 is 0 Å². The summed E-state index contributed by atoms with van der Waals surface area (Å²) in [4.78, 5) is 35.9. The average molecular weight is 366 g/mol. The SMILES string of the molecule is NCCCNc1ccc2c(c1)C(=O)c1cc(NCCCN=O)ccc1C2=O. The lowest BCUT2D eigenvalue weighted by Crippen LogP contribution is -2.21. The maximum atomic E-state index is 13.0. The van der Waals surface area contributed by atoms with Crippen LogP contribution in [-0.4, -0.2) is 37.7 Å². The molecule has 0 fully saturated rings. The number of benzene rings is 2. The second kappa shape index (κ2) is 8.55. The molecule has 0 atom stereocenters. The molecular weight excluding hydrogens is 344 g/mol. The zero-order valence-electron chi connectivity index (χ0n) is 15.0. The lowest BCUT2D eigenvalue weighted by molar-refractivity contribution is 0.0979. The Morgan fingerprint density at radius 3 is 1.81 bits per heavy atom. The molecule has 3 rings (SSSR count). The minimum Gasteiger partial charge on any atom is -0.385 e. The third kappa shape index (κ3) is 4.03. The second-order valence-electron chi connectivity index (χ2n) is 6.38. The number of nitrogens with zero attached hydrogens (tertiary/aromatic N) is 1. The normalized spacial score (nSPS) is 12.3. The maximum Gasteiger partial charge on any atom is 0.194 e. The molecule has 27 heavy (non-hydrogen) atoms. The number of anilines is 2. The number of nitroso groups, excluding NO2 is 1. The summed E-state index contributed by atoms with van der Waals surface area (Å²) in [6.07, 6.45) is 1.43. The van der Waals surface area contributed by atoms with Gasteiger partial charge in [-0.15, -0.1) is 0 Å². The van der Waals surface area contributed by atoms with Gasteiger partial charge in [0.05, 0.1) is 6.54 Å². The predicted octanol–water partition coefficient (Wildman–Crippen LogP) is 2.79. The molecule has 0 aromatic heterocycles. The Hall–Kier alpha value is -3.06. The van der Waals surface area contributed by atoms with Gasteiger partial charge in [-0.2, -0.15) is 4.91 Å². The van der Waals surface area contributed by atoms with Crippen LogP contribution >= 0.6 is 0 Å². The first-order valence-electron chi connectivity index (χ1n) is 9.00. The van der Waals surface area contributed by atoms with Crippen LogP contribution in [0, 0.1) is 4.91 Å². The van der Waals surface area contributed by atoms with E-state index in [1.807, 2.05) is 6.07 Å². The second-order valence-corrected chi connectivity index (χ2v) is 6.38. The van der Waals surface area contributed by atoms with E-state index in [1.165, 1.54) is 0 Å². The van der Waals surface area contributed by atoms with E-state index in [9.17, 15) is 14.5 Å². The summed E-state index contributed by atoms with van der Waals surface area (Å²) in [6.45, 7) is 2.10. The average Bonchev–Trinajstić information content (AvgIpc) is 2.69. The van der Waals surface area contributed by atoms with Crippen LogP contribution < -0.4 is 16.4 Å². The maximum absolute atomic E-state index is 13.0. The molecule has 7 nitrogen and oxygen atoms in total. The highest BCUT2D eigenvalue weighted by Crippen LogP contribution is 2.30. The lowest BCUT2D eigenvalue weighted by atomic mass is 9.83. The highest BCUT2D eigenvalue weighted by atomic mass is 16.3. The first kappa shape index (κ1) is 18.7. The third-order valence-corrected chi connectivity index (χ3v) is 4.48. The summed E-state index contributed by atoms with van der Waals surface area (Å²) < 4.78 is 0. The van der Waals surface area contributed by atoms with E-state index >= 15 is 0 Å². The van der Waals surface area contributed by atoms with Crippen molar-refractivity contribution in [3.8, 4) is 0 Å². The number of rotatable bonds is 9. The van der Waals surface area contributed by atoms with Crippen LogP contribution in [0.3, 0.4) is 0 Å². The summed E-state index contributed by atoms with van der Waals surface area (Å²) >= 11 is 0. The van der Waals surface area contributed by atoms with E-state index in [2.05, 4.69) is 15.8 Å². The minimum atomic E-state index is -0.166. The van der Waals surface area contributed by atoms with Crippen molar-refractivity contribution in [1.29, 1.82) is 0 Å². The smallest absolute Gasteiger partial charge is 0.194 e. The Labute approximate surface area is 157 Å². The first-order chi connectivity index (χ1) is 13.2. The van der Waals surface area contributed by atoms with Gasteiger partial charge in [-0.25, -0.2) is 0 Å². The molecule has 0 saturated carbocycles. The quantitative estimate of drug-likeness (QED) is 0.396. The van der Waals surface area contributed by atoms with Gasteiger partial charge < -0.3 is 16.4 Å². The molecule has 0 heterocycles. The molecular formula is C20H22N4O3. The Morgan fingerprint density at radius 2 is 1.30 bits per heavy atom. The topological polar surface area (TPSA) is 114 Å². The molecule has 0 amide bonds. The van der Waals surface area contributed by atoms with Crippen LogP contribution in [-0.2, 0) is 0 Å². The van der Waals surface area contributed by atoms with Crippen molar-refractivity contribution in [2.75, 3.05) is 36.8 Å². The van der Waals surface area contributed by atoms with Gasteiger partial charge in [0, 0.05) is 46.7 Å². The van der Waals surface area contributed by atoms with E-state index in [0.29, 0.717) is 48.3 Å². The van der Waals surface area contributed by atoms with Crippen LogP contribution in [0.15, 0.2) is 41.6 Å². The standard InChI is InChI=1S/C20H22N4O3/c21-7-1-8-22-13-3-5-15-17(11-13)20(26)18-12-14(23-9-2-10-24-27)4-6-16(18)19(15)25/h3-6,11-12,22-23H,1-2,7-10,21H2. The fraction of sp³-hybridized carbons (Fsp3) is 0.300. The Kier molecular flexibility index (Phi) is 5.93. The van der Waals surface area contributed by atoms with Crippen molar-refractivity contribution in [2.24, 2.45) is 10.9 Å². The molecule has 0 saturated heterocycles. The van der Waals surface area contributed by atoms with Crippen LogP contribution in [0.1, 0.15) is 44.7 Å². The van der Waals surface area contributed by atoms with E-state index in [4.69, 9.17) is 5.73 Å². The van der Waals surface area contributed by atoms with E-state index in [0.717, 1.165) is 17.8 Å². The summed E-state index contributed by atoms with van der Waals surface area (Å²) in [5.41, 5.74) is 8.67. The molecule has 0 radical (unpaired) electrons. The number of ketones is 2. The van der Waals surface area contributed by atoms with Crippen LogP contribution in [0.4, 0.5) is 11.4 Å². The van der Waals surface area contributed by atoms with Gasteiger partial charge >= 0.3 is 0 Å². The minimum absolute atomic E-state index is 0.148. The summed E-state index contributed by atoms with van der Waals surface area (Å²) in [5, 5.41) is 9.18. The van der Waals surface area contributed by atoms with Gasteiger partial charge in [-0.1, -0.05) is 5.18 Å². The van der Waals surface area contributed by atoms with Crippen LogP contribution in [0.25, 0.3) is 0 Å². The van der Waals surface area contributed by atoms with Crippen molar-refractivity contribution in [3.05, 3.63) is 63.6 Å². The number of carbonyl (C=O) groups excluding carboxylic acids is 2. The highest BCUT2D eigenvalue weighted by molar-refractivity contribution is 6.28. The Bertz CT molecular complexity index is 880.